The number of carbonyl (C=O) groups is 1. The number of fused-ring (bicyclic) bond motifs is 1. The highest BCUT2D eigenvalue weighted by Gasteiger charge is 2.25. The molecule has 0 saturated carbocycles. The molecule has 3 rings (SSSR count). The number of nitrogens with two attached hydrogens (primary N) is 1. The number of hydrogen-bond acceptors (Lipinski definition) is 7. The van der Waals surface area contributed by atoms with Gasteiger partial charge in [0.1, 0.15) is 17.1 Å². The van der Waals surface area contributed by atoms with E-state index in [2.05, 4.69) is 15.6 Å². The summed E-state index contributed by atoms with van der Waals surface area (Å²) < 4.78 is 48.7. The van der Waals surface area contributed by atoms with Crippen molar-refractivity contribution in [1.29, 1.82) is 0 Å². The molecule has 0 bridgehead atoms. The van der Waals surface area contributed by atoms with Crippen molar-refractivity contribution in [3.05, 3.63) is 47.8 Å². The van der Waals surface area contributed by atoms with Gasteiger partial charge >= 0.3 is 0 Å². The van der Waals surface area contributed by atoms with Gasteiger partial charge in [0, 0.05) is 43.4 Å². The average molecular weight is 541 g/mol. The monoisotopic (exact) mass is 540 g/mol. The summed E-state index contributed by atoms with van der Waals surface area (Å²) in [5.74, 6) is -0.511. The molecule has 1 amide bonds. The number of carbonyl (C=O) groups excluding carboxylic acids is 1. The van der Waals surface area contributed by atoms with Gasteiger partial charge in [-0.3, -0.25) is 4.79 Å². The summed E-state index contributed by atoms with van der Waals surface area (Å²) in [5.41, 5.74) is 7.23. The molecular formula is C23H30ClFN6O4S. The molecule has 1 aromatic heterocycles. The Labute approximate surface area is 215 Å². The molecule has 3 N–H and O–H groups in total. The van der Waals surface area contributed by atoms with Crippen LogP contribution in [0.2, 0.25) is 0 Å². The first-order valence-electron chi connectivity index (χ1n) is 11.0. The van der Waals surface area contributed by atoms with Crippen molar-refractivity contribution in [2.24, 2.45) is 5.73 Å². The zero-order valence-electron chi connectivity index (χ0n) is 20.5. The summed E-state index contributed by atoms with van der Waals surface area (Å²) in [4.78, 5) is 12.6. The number of sulfonamides is 1. The minimum absolute atomic E-state index is 0. The number of methoxy groups -OCH3 is 1. The number of benzene rings is 2. The highest BCUT2D eigenvalue weighted by molar-refractivity contribution is 7.89. The van der Waals surface area contributed by atoms with E-state index in [4.69, 9.17) is 10.5 Å². The van der Waals surface area contributed by atoms with Crippen molar-refractivity contribution < 1.29 is 22.3 Å². The molecule has 1 heterocycles. The number of nitrogens with one attached hydrogen (secondary N) is 1. The van der Waals surface area contributed by atoms with Crippen molar-refractivity contribution in [1.82, 2.24) is 24.6 Å². The molecule has 196 valence electrons. The lowest BCUT2D eigenvalue weighted by Gasteiger charge is -2.20. The first kappa shape index (κ1) is 29.2. The van der Waals surface area contributed by atoms with Gasteiger partial charge in [-0.15, -0.1) is 17.5 Å². The second-order valence-electron chi connectivity index (χ2n) is 7.56. The highest BCUT2D eigenvalue weighted by atomic mass is 35.5. The third kappa shape index (κ3) is 5.67. The molecule has 0 saturated heterocycles. The van der Waals surface area contributed by atoms with Crippen LogP contribution in [0.15, 0.2) is 47.1 Å². The molecule has 13 heteroatoms. The number of nitrogens with zero attached hydrogens (tertiary/aromatic N) is 4. The largest absolute Gasteiger partial charge is 0.496 e. The lowest BCUT2D eigenvalue weighted by molar-refractivity contribution is 0.0963. The van der Waals surface area contributed by atoms with Gasteiger partial charge in [0.25, 0.3) is 5.91 Å². The molecule has 10 nitrogen and oxygen atoms in total. The van der Waals surface area contributed by atoms with Gasteiger partial charge < -0.3 is 15.8 Å². The van der Waals surface area contributed by atoms with E-state index in [0.29, 0.717) is 41.0 Å². The van der Waals surface area contributed by atoms with E-state index in [-0.39, 0.29) is 41.9 Å². The Balaban J connectivity index is 0.00000456. The van der Waals surface area contributed by atoms with Crippen LogP contribution < -0.4 is 15.8 Å². The Morgan fingerprint density at radius 2 is 1.92 bits per heavy atom. The van der Waals surface area contributed by atoms with Crippen LogP contribution in [-0.4, -0.2) is 67.4 Å². The fraction of sp³-hybridized carbons (Fsp3) is 0.348. The molecular weight excluding hydrogens is 511 g/mol. The van der Waals surface area contributed by atoms with E-state index >= 15 is 0 Å². The van der Waals surface area contributed by atoms with E-state index in [1.54, 1.807) is 32.0 Å². The predicted molar refractivity (Wildman–Crippen MR) is 139 cm³/mol. The molecule has 3 aromatic rings. The first-order valence-corrected chi connectivity index (χ1v) is 12.5. The zero-order chi connectivity index (χ0) is 25.8. The summed E-state index contributed by atoms with van der Waals surface area (Å²) in [5, 5.41) is 10.8. The van der Waals surface area contributed by atoms with Gasteiger partial charge in [0.15, 0.2) is 0 Å². The number of halogens is 2. The van der Waals surface area contributed by atoms with Crippen LogP contribution in [0.3, 0.4) is 0 Å². The van der Waals surface area contributed by atoms with Crippen LogP contribution in [-0.2, 0) is 16.6 Å². The lowest BCUT2D eigenvalue weighted by Crippen LogP contribution is -2.30. The minimum Gasteiger partial charge on any atom is -0.496 e. The van der Waals surface area contributed by atoms with E-state index in [1.165, 1.54) is 41.4 Å². The normalized spacial score (nSPS) is 12.0. The number of hydrogen-bond donors (Lipinski definition) is 2. The van der Waals surface area contributed by atoms with Crippen molar-refractivity contribution in [3.8, 4) is 16.9 Å². The van der Waals surface area contributed by atoms with E-state index in [1.807, 2.05) is 0 Å². The Morgan fingerprint density at radius 3 is 2.50 bits per heavy atom. The van der Waals surface area contributed by atoms with Gasteiger partial charge in [-0.2, -0.15) is 4.31 Å². The fourth-order valence-corrected chi connectivity index (χ4v) is 5.26. The van der Waals surface area contributed by atoms with E-state index in [0.717, 1.165) is 0 Å². The van der Waals surface area contributed by atoms with Gasteiger partial charge in [0.05, 0.1) is 24.1 Å². The second kappa shape index (κ2) is 12.3. The summed E-state index contributed by atoms with van der Waals surface area (Å²) in [6.07, 6.45) is 1.22. The molecule has 0 aliphatic carbocycles. The average Bonchev–Trinajstić information content (AvgIpc) is 3.25. The quantitative estimate of drug-likeness (QED) is 0.404. The number of aromatic nitrogens is 3. The molecule has 0 fully saturated rings. The first-order chi connectivity index (χ1) is 16.7. The highest BCUT2D eigenvalue weighted by Crippen LogP contribution is 2.37. The van der Waals surface area contributed by atoms with Crippen molar-refractivity contribution in [2.75, 3.05) is 33.8 Å². The maximum atomic E-state index is 14.2. The SMILES string of the molecule is CCN(CC)S(=O)(=O)c1ccc(OC)c(-c2cc(C(=O)NC)cc3c2nnn3C/C(F)=C/CN)c1.Cl. The molecule has 0 aliphatic heterocycles. The van der Waals surface area contributed by atoms with Crippen molar-refractivity contribution in [3.63, 3.8) is 0 Å². The zero-order valence-corrected chi connectivity index (χ0v) is 22.1. The standard InChI is InChI=1S/C23H29FN6O4S.ClH/c1-5-29(6-2)35(32,33)17-7-8-21(34-4)18(13-17)19-11-15(23(31)26-3)12-20-22(19)27-28-30(20)14-16(24)9-10-25;/h7-9,11-13H,5-6,10,14,25H2,1-4H3,(H,26,31);1H/b16-9-;. The Morgan fingerprint density at radius 1 is 1.22 bits per heavy atom. The fourth-order valence-electron chi connectivity index (χ4n) is 3.77. The molecule has 0 unspecified atom stereocenters. The van der Waals surface area contributed by atoms with Crippen LogP contribution in [0.4, 0.5) is 4.39 Å². The van der Waals surface area contributed by atoms with Crippen molar-refractivity contribution >= 4 is 39.4 Å². The van der Waals surface area contributed by atoms with Crippen LogP contribution in [0.1, 0.15) is 24.2 Å². The van der Waals surface area contributed by atoms with Crippen LogP contribution in [0.5, 0.6) is 5.75 Å². The Kier molecular flexibility index (Phi) is 9.93. The smallest absolute Gasteiger partial charge is 0.251 e. The van der Waals surface area contributed by atoms with Crippen LogP contribution >= 0.6 is 12.4 Å². The van der Waals surface area contributed by atoms with Gasteiger partial charge in [-0.05, 0) is 36.4 Å². The Bertz CT molecular complexity index is 1370. The summed E-state index contributed by atoms with van der Waals surface area (Å²) in [7, 11) is -0.821. The minimum atomic E-state index is -3.77. The number of amides is 1. The molecule has 0 spiro atoms. The van der Waals surface area contributed by atoms with Crippen molar-refractivity contribution in [2.45, 2.75) is 25.3 Å². The molecule has 0 radical (unpaired) electrons. The number of ether oxygens (including phenoxy) is 1. The number of allylic oxidation sites excluding steroid dienone is 1. The molecule has 0 atom stereocenters. The van der Waals surface area contributed by atoms with Gasteiger partial charge in [-0.25, -0.2) is 17.5 Å². The topological polar surface area (TPSA) is 132 Å². The third-order valence-electron chi connectivity index (χ3n) is 5.55. The lowest BCUT2D eigenvalue weighted by atomic mass is 9.99. The summed E-state index contributed by atoms with van der Waals surface area (Å²) in [6.45, 7) is 3.95. The summed E-state index contributed by atoms with van der Waals surface area (Å²) in [6, 6.07) is 7.65. The number of rotatable bonds is 10. The van der Waals surface area contributed by atoms with Gasteiger partial charge in [-0.1, -0.05) is 19.1 Å². The van der Waals surface area contributed by atoms with Crippen LogP contribution in [0.25, 0.3) is 22.2 Å². The predicted octanol–water partition coefficient (Wildman–Crippen LogP) is 2.73. The maximum Gasteiger partial charge on any atom is 0.251 e. The molecule has 2 aromatic carbocycles. The maximum absolute atomic E-state index is 14.2. The summed E-state index contributed by atoms with van der Waals surface area (Å²) >= 11 is 0. The van der Waals surface area contributed by atoms with E-state index in [9.17, 15) is 17.6 Å². The molecule has 0 aliphatic rings. The molecule has 36 heavy (non-hydrogen) atoms. The third-order valence-corrected chi connectivity index (χ3v) is 7.60. The van der Waals surface area contributed by atoms with Crippen LogP contribution in [0, 0.1) is 0 Å². The Hall–Kier alpha value is -3.06. The second-order valence-corrected chi connectivity index (χ2v) is 9.49. The van der Waals surface area contributed by atoms with Gasteiger partial charge in [0.2, 0.25) is 10.0 Å². The van der Waals surface area contributed by atoms with E-state index < -0.39 is 15.9 Å².